The summed E-state index contributed by atoms with van der Waals surface area (Å²) >= 11 is 0. The highest BCUT2D eigenvalue weighted by molar-refractivity contribution is 5.99. The largest absolute Gasteiger partial charge is 0.496 e. The van der Waals surface area contributed by atoms with Crippen molar-refractivity contribution in [1.82, 2.24) is 10.2 Å². The Bertz CT molecular complexity index is 728. The summed E-state index contributed by atoms with van der Waals surface area (Å²) in [5.74, 6) is 1.55. The topological polar surface area (TPSA) is 104 Å². The van der Waals surface area contributed by atoms with E-state index < -0.39 is 6.04 Å². The van der Waals surface area contributed by atoms with E-state index in [1.807, 2.05) is 0 Å². The van der Waals surface area contributed by atoms with Gasteiger partial charge in [-0.1, -0.05) is 0 Å². The van der Waals surface area contributed by atoms with E-state index in [0.717, 1.165) is 0 Å². The van der Waals surface area contributed by atoms with Crippen molar-refractivity contribution in [3.63, 3.8) is 0 Å². The lowest BCUT2D eigenvalue weighted by atomic mass is 10.1. The van der Waals surface area contributed by atoms with Gasteiger partial charge in [-0.3, -0.25) is 4.79 Å². The molecule has 0 saturated heterocycles. The molecule has 0 bridgehead atoms. The van der Waals surface area contributed by atoms with Crippen LogP contribution in [0, 0.1) is 6.92 Å². The van der Waals surface area contributed by atoms with Crippen LogP contribution in [0.25, 0.3) is 11.5 Å². The molecule has 22 heavy (non-hydrogen) atoms. The average Bonchev–Trinajstić information content (AvgIpc) is 2.92. The molecule has 2 aromatic rings. The van der Waals surface area contributed by atoms with Gasteiger partial charge in [0.1, 0.15) is 24.1 Å². The van der Waals surface area contributed by atoms with E-state index >= 15 is 0 Å². The third kappa shape index (κ3) is 2.27. The lowest BCUT2D eigenvalue weighted by molar-refractivity contribution is -0.119. The molecule has 2 heterocycles. The number of anilines is 1. The Morgan fingerprint density at radius 3 is 2.82 bits per heavy atom. The normalized spacial score (nSPS) is 17.7. The van der Waals surface area contributed by atoms with Crippen molar-refractivity contribution >= 4 is 11.6 Å². The summed E-state index contributed by atoms with van der Waals surface area (Å²) < 4.78 is 16.4. The van der Waals surface area contributed by atoms with Crippen LogP contribution in [0.1, 0.15) is 5.89 Å². The second-order valence-corrected chi connectivity index (χ2v) is 4.96. The fraction of sp³-hybridized carbons (Fsp3) is 0.357. The first kappa shape index (κ1) is 14.3. The van der Waals surface area contributed by atoms with Gasteiger partial charge in [-0.15, -0.1) is 10.2 Å². The first-order valence-electron chi connectivity index (χ1n) is 6.69. The summed E-state index contributed by atoms with van der Waals surface area (Å²) in [5, 5.41) is 7.80. The Hall–Kier alpha value is -2.61. The zero-order valence-electron chi connectivity index (χ0n) is 12.5. The summed E-state index contributed by atoms with van der Waals surface area (Å²) in [7, 11) is 3.18. The number of aromatic nitrogens is 2. The molecule has 2 N–H and O–H groups in total. The van der Waals surface area contributed by atoms with Crippen molar-refractivity contribution in [1.29, 1.82) is 0 Å². The van der Waals surface area contributed by atoms with Crippen LogP contribution in [0.3, 0.4) is 0 Å². The second kappa shape index (κ2) is 5.30. The molecule has 8 heteroatoms. The van der Waals surface area contributed by atoms with E-state index in [1.165, 1.54) is 12.0 Å². The molecule has 0 spiro atoms. The van der Waals surface area contributed by atoms with Crippen molar-refractivity contribution in [2.45, 2.75) is 13.0 Å². The van der Waals surface area contributed by atoms with E-state index in [-0.39, 0.29) is 12.5 Å². The summed E-state index contributed by atoms with van der Waals surface area (Å²) in [6, 6.07) is 2.70. The van der Waals surface area contributed by atoms with Crippen LogP contribution < -0.4 is 20.1 Å². The number of aryl methyl sites for hydroxylation is 1. The highest BCUT2D eigenvalue weighted by atomic mass is 16.5. The van der Waals surface area contributed by atoms with Gasteiger partial charge in [-0.05, 0) is 6.07 Å². The van der Waals surface area contributed by atoms with E-state index in [9.17, 15) is 4.79 Å². The van der Waals surface area contributed by atoms with Gasteiger partial charge in [-0.2, -0.15) is 0 Å². The maximum Gasteiger partial charge on any atom is 0.251 e. The minimum atomic E-state index is -0.711. The molecule has 8 nitrogen and oxygen atoms in total. The van der Waals surface area contributed by atoms with E-state index in [0.29, 0.717) is 34.5 Å². The molecule has 116 valence electrons. The minimum Gasteiger partial charge on any atom is -0.496 e. The SMILES string of the molecule is COc1cc2c(cc1-c1nnc(C)o1)N(C)C(=O)[C@@H](N)CO2. The number of hydrogen-bond acceptors (Lipinski definition) is 7. The second-order valence-electron chi connectivity index (χ2n) is 4.96. The molecular formula is C14H16N4O4. The molecular weight excluding hydrogens is 288 g/mol. The van der Waals surface area contributed by atoms with Crippen molar-refractivity contribution in [2.75, 3.05) is 25.7 Å². The fourth-order valence-corrected chi connectivity index (χ4v) is 2.29. The summed E-state index contributed by atoms with van der Waals surface area (Å²) in [5.41, 5.74) is 6.94. The van der Waals surface area contributed by atoms with Crippen molar-refractivity contribution in [3.05, 3.63) is 18.0 Å². The predicted molar refractivity (Wildman–Crippen MR) is 77.9 cm³/mol. The number of likely N-dealkylation sites (N-methyl/N-ethyl adjacent to an activating group) is 1. The molecule has 1 atom stereocenters. The number of ether oxygens (including phenoxy) is 2. The number of amides is 1. The number of fused-ring (bicyclic) bond motifs is 1. The van der Waals surface area contributed by atoms with Gasteiger partial charge in [-0.25, -0.2) is 0 Å². The zero-order chi connectivity index (χ0) is 15.9. The van der Waals surface area contributed by atoms with Crippen molar-refractivity contribution < 1.29 is 18.7 Å². The smallest absolute Gasteiger partial charge is 0.251 e. The average molecular weight is 304 g/mol. The van der Waals surface area contributed by atoms with Crippen LogP contribution >= 0.6 is 0 Å². The van der Waals surface area contributed by atoms with Gasteiger partial charge in [0.05, 0.1) is 18.4 Å². The third-order valence-electron chi connectivity index (χ3n) is 3.47. The molecule has 1 aromatic carbocycles. The first-order valence-corrected chi connectivity index (χ1v) is 6.69. The third-order valence-corrected chi connectivity index (χ3v) is 3.47. The Morgan fingerprint density at radius 2 is 2.18 bits per heavy atom. The van der Waals surface area contributed by atoms with Gasteiger partial charge in [0.15, 0.2) is 0 Å². The molecule has 0 saturated carbocycles. The number of nitrogens with two attached hydrogens (primary N) is 1. The highest BCUT2D eigenvalue weighted by Gasteiger charge is 2.28. The number of benzene rings is 1. The molecule has 0 radical (unpaired) electrons. The number of carbonyl (C=O) groups excluding carboxylic acids is 1. The number of methoxy groups -OCH3 is 1. The van der Waals surface area contributed by atoms with Crippen LogP contribution in [0.2, 0.25) is 0 Å². The van der Waals surface area contributed by atoms with E-state index in [4.69, 9.17) is 19.6 Å². The molecule has 0 unspecified atom stereocenters. The first-order chi connectivity index (χ1) is 10.5. The van der Waals surface area contributed by atoms with Crippen LogP contribution in [-0.4, -0.2) is 42.9 Å². The summed E-state index contributed by atoms with van der Waals surface area (Å²) in [6.45, 7) is 1.81. The molecule has 1 aromatic heterocycles. The zero-order valence-corrected chi connectivity index (χ0v) is 12.5. The summed E-state index contributed by atoms with van der Waals surface area (Å²) in [4.78, 5) is 13.6. The fourth-order valence-electron chi connectivity index (χ4n) is 2.29. The molecule has 0 fully saturated rings. The Morgan fingerprint density at radius 1 is 1.41 bits per heavy atom. The van der Waals surface area contributed by atoms with Crippen LogP contribution in [-0.2, 0) is 4.79 Å². The van der Waals surface area contributed by atoms with Crippen LogP contribution in [0.4, 0.5) is 5.69 Å². The highest BCUT2D eigenvalue weighted by Crippen LogP contribution is 2.40. The maximum atomic E-state index is 12.2. The Balaban J connectivity index is 2.16. The van der Waals surface area contributed by atoms with Gasteiger partial charge >= 0.3 is 0 Å². The molecule has 1 aliphatic heterocycles. The van der Waals surface area contributed by atoms with Gasteiger partial charge in [0.25, 0.3) is 5.89 Å². The number of nitrogens with zero attached hydrogens (tertiary/aromatic N) is 3. The monoisotopic (exact) mass is 304 g/mol. The number of hydrogen-bond donors (Lipinski definition) is 1. The Labute approximate surface area is 126 Å². The van der Waals surface area contributed by atoms with Crippen molar-refractivity contribution in [3.8, 4) is 23.0 Å². The lowest BCUT2D eigenvalue weighted by Crippen LogP contribution is -2.43. The van der Waals surface area contributed by atoms with Crippen LogP contribution in [0.5, 0.6) is 11.5 Å². The van der Waals surface area contributed by atoms with E-state index in [2.05, 4.69) is 10.2 Å². The molecule has 1 aliphatic rings. The van der Waals surface area contributed by atoms with Crippen molar-refractivity contribution in [2.24, 2.45) is 5.73 Å². The van der Waals surface area contributed by atoms with Gasteiger partial charge in [0.2, 0.25) is 11.8 Å². The Kier molecular flexibility index (Phi) is 3.45. The summed E-state index contributed by atoms with van der Waals surface area (Å²) in [6.07, 6.45) is 0. The quantitative estimate of drug-likeness (QED) is 0.872. The lowest BCUT2D eigenvalue weighted by Gasteiger charge is -2.19. The van der Waals surface area contributed by atoms with E-state index in [1.54, 1.807) is 26.1 Å². The minimum absolute atomic E-state index is 0.109. The number of carbonyl (C=O) groups is 1. The predicted octanol–water partition coefficient (Wildman–Crippen LogP) is 0.736. The molecule has 3 rings (SSSR count). The number of rotatable bonds is 2. The molecule has 0 aliphatic carbocycles. The van der Waals surface area contributed by atoms with Gasteiger partial charge in [0, 0.05) is 20.0 Å². The standard InChI is InChI=1S/C14H16N4O4/c1-7-16-17-13(22-7)8-4-10-12(5-11(8)20-3)21-6-9(15)14(19)18(10)2/h4-5,9H,6,15H2,1-3H3/t9-/m0/s1. The van der Waals surface area contributed by atoms with Gasteiger partial charge < -0.3 is 24.5 Å². The van der Waals surface area contributed by atoms with Crippen LogP contribution in [0.15, 0.2) is 16.5 Å². The molecule has 1 amide bonds. The maximum absolute atomic E-state index is 12.2.